The first-order valence-electron chi connectivity index (χ1n) is 14.3. The molecule has 0 spiro atoms. The molecule has 3 fully saturated rings. The molecule has 0 amide bonds. The van der Waals surface area contributed by atoms with Crippen LogP contribution in [0.3, 0.4) is 0 Å². The third-order valence-electron chi connectivity index (χ3n) is 8.85. The molecule has 0 unspecified atom stereocenters. The van der Waals surface area contributed by atoms with Gasteiger partial charge in [-0.2, -0.15) is 15.2 Å². The van der Waals surface area contributed by atoms with Gasteiger partial charge in [0.05, 0.1) is 38.0 Å². The lowest BCUT2D eigenvalue weighted by molar-refractivity contribution is 0.107. The van der Waals surface area contributed by atoms with Crippen LogP contribution in [0.5, 0.6) is 6.01 Å². The minimum Gasteiger partial charge on any atom is -0.461 e. The lowest BCUT2D eigenvalue weighted by atomic mass is 9.95. The van der Waals surface area contributed by atoms with E-state index in [1.54, 1.807) is 0 Å². The van der Waals surface area contributed by atoms with Gasteiger partial charge in [-0.15, -0.1) is 11.3 Å². The number of piperazine rings is 1. The number of benzene rings is 1. The zero-order valence-electron chi connectivity index (χ0n) is 23.3. The predicted octanol–water partition coefficient (Wildman–Crippen LogP) is 4.94. The number of rotatable bonds is 6. The van der Waals surface area contributed by atoms with Gasteiger partial charge in [0, 0.05) is 62.4 Å². The summed E-state index contributed by atoms with van der Waals surface area (Å²) in [6.07, 6.45) is -0.985. The van der Waals surface area contributed by atoms with E-state index in [2.05, 4.69) is 25.2 Å². The van der Waals surface area contributed by atoms with Gasteiger partial charge in [0.15, 0.2) is 0 Å². The van der Waals surface area contributed by atoms with Crippen molar-refractivity contribution in [1.29, 1.82) is 5.26 Å². The van der Waals surface area contributed by atoms with E-state index in [4.69, 9.17) is 10.5 Å². The van der Waals surface area contributed by atoms with Crippen LogP contribution in [0.1, 0.15) is 36.8 Å². The van der Waals surface area contributed by atoms with E-state index < -0.39 is 46.6 Å². The number of alkyl halides is 3. The number of fused-ring (bicyclic) bond motifs is 3. The number of aromatic nitrogens is 3. The van der Waals surface area contributed by atoms with Crippen LogP contribution in [0.25, 0.3) is 32.2 Å². The highest BCUT2D eigenvalue weighted by atomic mass is 32.1. The molecule has 0 aliphatic carbocycles. The highest BCUT2D eigenvalue weighted by Crippen LogP contribution is 2.46. The number of hydrogen-bond donors (Lipinski definition) is 2. The van der Waals surface area contributed by atoms with Crippen LogP contribution >= 0.6 is 11.3 Å². The standard InChI is InChI=1S/C29H27F5N8OS/c30-14-9-29(2-1-5-42(29)12-14)13-43-28-39-22-16(27(40-28)41-6-3-37-4-7-41)11-38-23(21(22)25(33)34)20-17(31)8-18(32)24-19(20)15(10-35)26(36)44-24/h8,11,14,25,37H,1-7,9,12-13,36H2/t14-,29+/m1/s1. The summed E-state index contributed by atoms with van der Waals surface area (Å²) in [4.78, 5) is 17.3. The van der Waals surface area contributed by atoms with E-state index >= 15 is 13.2 Å². The Morgan fingerprint density at radius 2 is 2.00 bits per heavy atom. The highest BCUT2D eigenvalue weighted by molar-refractivity contribution is 7.23. The average molecular weight is 631 g/mol. The molecule has 3 aliphatic rings. The van der Waals surface area contributed by atoms with Gasteiger partial charge in [0.25, 0.3) is 6.43 Å². The molecule has 0 radical (unpaired) electrons. The zero-order chi connectivity index (χ0) is 30.7. The van der Waals surface area contributed by atoms with E-state index in [0.29, 0.717) is 51.0 Å². The molecule has 3 N–H and O–H groups in total. The van der Waals surface area contributed by atoms with Crippen molar-refractivity contribution in [3.05, 3.63) is 35.0 Å². The molecule has 44 heavy (non-hydrogen) atoms. The van der Waals surface area contributed by atoms with Crippen LogP contribution in [0.15, 0.2) is 12.3 Å². The SMILES string of the molecule is N#Cc1c(N)sc2c(F)cc(F)c(-c3ncc4c(N5CCNCC5)nc(OC[C@@]56CCCN5C[C@H](F)C6)nc4c3C(F)F)c12. The van der Waals surface area contributed by atoms with Crippen molar-refractivity contribution < 1.29 is 26.7 Å². The lowest BCUT2D eigenvalue weighted by Crippen LogP contribution is -2.44. The molecule has 0 saturated carbocycles. The lowest BCUT2D eigenvalue weighted by Gasteiger charge is -2.32. The fourth-order valence-corrected chi connectivity index (χ4v) is 7.81. The summed E-state index contributed by atoms with van der Waals surface area (Å²) < 4.78 is 80.9. The van der Waals surface area contributed by atoms with Gasteiger partial charge >= 0.3 is 6.01 Å². The summed E-state index contributed by atoms with van der Waals surface area (Å²) in [5, 5.41) is 12.9. The fourth-order valence-electron chi connectivity index (χ4n) is 6.87. The van der Waals surface area contributed by atoms with Crippen molar-refractivity contribution in [3.8, 4) is 23.3 Å². The number of nitrogens with zero attached hydrogens (tertiary/aromatic N) is 6. The van der Waals surface area contributed by atoms with Crippen LogP contribution in [0.2, 0.25) is 0 Å². The summed E-state index contributed by atoms with van der Waals surface area (Å²) in [5.41, 5.74) is 3.30. The number of thiophene rings is 1. The molecule has 3 saturated heterocycles. The van der Waals surface area contributed by atoms with Gasteiger partial charge in [0.1, 0.15) is 41.3 Å². The van der Waals surface area contributed by atoms with E-state index in [1.165, 1.54) is 6.20 Å². The van der Waals surface area contributed by atoms with Crippen molar-refractivity contribution in [1.82, 2.24) is 25.2 Å². The topological polar surface area (TPSA) is 116 Å². The van der Waals surface area contributed by atoms with E-state index in [-0.39, 0.29) is 44.2 Å². The first-order chi connectivity index (χ1) is 21.2. The largest absolute Gasteiger partial charge is 0.461 e. The molecule has 3 aromatic heterocycles. The van der Waals surface area contributed by atoms with Crippen LogP contribution in [-0.2, 0) is 0 Å². The number of halogens is 5. The molecule has 0 bridgehead atoms. The summed E-state index contributed by atoms with van der Waals surface area (Å²) in [6.45, 7) is 3.43. The Bertz CT molecular complexity index is 1820. The van der Waals surface area contributed by atoms with E-state index in [1.807, 2.05) is 11.0 Å². The number of nitrogens with two attached hydrogens (primary N) is 1. The average Bonchev–Trinajstić information content (AvgIpc) is 3.64. The Morgan fingerprint density at radius 1 is 1.20 bits per heavy atom. The maximum Gasteiger partial charge on any atom is 0.319 e. The minimum absolute atomic E-state index is 0.0746. The number of anilines is 2. The monoisotopic (exact) mass is 630 g/mol. The maximum atomic E-state index is 15.6. The number of pyridine rings is 1. The molecular formula is C29H27F5N8OS. The zero-order valence-corrected chi connectivity index (χ0v) is 24.2. The second-order valence-electron chi connectivity index (χ2n) is 11.4. The van der Waals surface area contributed by atoms with Crippen LogP contribution in [0, 0.1) is 23.0 Å². The first-order valence-corrected chi connectivity index (χ1v) is 15.1. The highest BCUT2D eigenvalue weighted by Gasteiger charge is 2.49. The Balaban J connectivity index is 1.43. The van der Waals surface area contributed by atoms with Crippen LogP contribution < -0.4 is 20.7 Å². The number of ether oxygens (including phenoxy) is 1. The third-order valence-corrected chi connectivity index (χ3v) is 9.87. The van der Waals surface area contributed by atoms with Gasteiger partial charge in [-0.1, -0.05) is 0 Å². The molecule has 7 rings (SSSR count). The fraction of sp³-hybridized carbons (Fsp3) is 0.448. The number of nitrogen functional groups attached to an aromatic ring is 1. The van der Waals surface area contributed by atoms with Gasteiger partial charge in [-0.05, 0) is 19.4 Å². The Labute approximate surface area is 252 Å². The Morgan fingerprint density at radius 3 is 2.75 bits per heavy atom. The Hall–Kier alpha value is -3.87. The van der Waals surface area contributed by atoms with Crippen molar-refractivity contribution in [2.45, 2.75) is 37.4 Å². The molecule has 230 valence electrons. The summed E-state index contributed by atoms with van der Waals surface area (Å²) in [7, 11) is 0. The van der Waals surface area contributed by atoms with Crippen molar-refractivity contribution in [2.24, 2.45) is 0 Å². The first kappa shape index (κ1) is 28.9. The molecule has 1 aromatic carbocycles. The normalized spacial score (nSPS) is 22.3. The molecule has 9 nitrogen and oxygen atoms in total. The molecule has 4 aromatic rings. The molecule has 3 aliphatic heterocycles. The predicted molar refractivity (Wildman–Crippen MR) is 156 cm³/mol. The minimum atomic E-state index is -3.20. The Kier molecular flexibility index (Phi) is 7.18. The summed E-state index contributed by atoms with van der Waals surface area (Å²) >= 11 is 0.724. The number of hydrogen-bond acceptors (Lipinski definition) is 10. The van der Waals surface area contributed by atoms with Crippen molar-refractivity contribution in [3.63, 3.8) is 0 Å². The van der Waals surface area contributed by atoms with Gasteiger partial charge in [-0.25, -0.2) is 22.0 Å². The molecule has 2 atom stereocenters. The van der Waals surface area contributed by atoms with Crippen LogP contribution in [-0.4, -0.2) is 77.4 Å². The second kappa shape index (κ2) is 10.9. The molecule has 15 heteroatoms. The van der Waals surface area contributed by atoms with E-state index in [0.717, 1.165) is 30.7 Å². The van der Waals surface area contributed by atoms with Crippen molar-refractivity contribution in [2.75, 3.05) is 56.5 Å². The molecule has 6 heterocycles. The second-order valence-corrected chi connectivity index (χ2v) is 12.4. The summed E-state index contributed by atoms with van der Waals surface area (Å²) in [6, 6.07) is 2.24. The van der Waals surface area contributed by atoms with Gasteiger partial charge in [0.2, 0.25) is 0 Å². The van der Waals surface area contributed by atoms with Crippen LogP contribution in [0.4, 0.5) is 32.8 Å². The maximum absolute atomic E-state index is 15.6. The van der Waals surface area contributed by atoms with E-state index in [9.17, 15) is 14.0 Å². The quantitative estimate of drug-likeness (QED) is 0.286. The summed E-state index contributed by atoms with van der Waals surface area (Å²) in [5.74, 6) is -1.82. The van der Waals surface area contributed by atoms with Crippen molar-refractivity contribution >= 4 is 43.1 Å². The number of nitriles is 1. The third kappa shape index (κ3) is 4.58. The molecular weight excluding hydrogens is 603 g/mol. The number of nitrogens with one attached hydrogen (secondary N) is 1. The van der Waals surface area contributed by atoms with Gasteiger partial charge < -0.3 is 20.7 Å². The smallest absolute Gasteiger partial charge is 0.319 e. The van der Waals surface area contributed by atoms with Gasteiger partial charge in [-0.3, -0.25) is 9.88 Å².